The van der Waals surface area contributed by atoms with E-state index < -0.39 is 14.9 Å². The average Bonchev–Trinajstić information content (AvgIpc) is 4.07. The molecule has 310 valence electrons. The van der Waals surface area contributed by atoms with Gasteiger partial charge >= 0.3 is 0 Å². The first-order valence-corrected chi connectivity index (χ1v) is 22.8. The number of thioether (sulfide) groups is 1. The number of halogens is 1. The molecular weight excluding hydrogens is 816 g/mol. The van der Waals surface area contributed by atoms with Crippen molar-refractivity contribution in [2.24, 2.45) is 0 Å². The predicted octanol–water partition coefficient (Wildman–Crippen LogP) is 9.00. The molecule has 1 aliphatic heterocycles. The van der Waals surface area contributed by atoms with E-state index in [1.807, 2.05) is 74.8 Å². The third-order valence-electron chi connectivity index (χ3n) is 11.4. The van der Waals surface area contributed by atoms with Crippen molar-refractivity contribution in [3.8, 4) is 11.1 Å². The molecule has 2 aliphatic rings. The molecule has 0 amide bonds. The van der Waals surface area contributed by atoms with Crippen LogP contribution in [-0.2, 0) is 15.6 Å². The number of anilines is 3. The van der Waals surface area contributed by atoms with E-state index in [2.05, 4.69) is 71.1 Å². The number of fused-ring (bicyclic) bond motifs is 1. The standard InChI is InChI=1S/C45H47ClN8O4S2/c1-51(2)23-20-34(30-59-36-8-4-3-5-9-36)49-41-19-17-37(29-43(41)54(55)56)60(57,58)50-44-39-18-16-35(28-42(39)47-31-48-44)52-24-26-53(27-25-52)45(21-22-45)40-11-7-6-10-38(40)32-12-14-33(46)15-13-32/h3-19,28-29,31,34,49H,20-27,30H2,1-2H3,(H,47,48,50). The monoisotopic (exact) mass is 862 g/mol. The second kappa shape index (κ2) is 17.8. The molecule has 1 aliphatic carbocycles. The Labute approximate surface area is 360 Å². The number of nitro benzene ring substituents is 1. The van der Waals surface area contributed by atoms with Crippen LogP contribution in [0, 0.1) is 10.1 Å². The number of benzene rings is 5. The van der Waals surface area contributed by atoms with Gasteiger partial charge in [-0.2, -0.15) is 0 Å². The van der Waals surface area contributed by atoms with E-state index in [-0.39, 0.29) is 33.7 Å². The van der Waals surface area contributed by atoms with Gasteiger partial charge < -0.3 is 15.1 Å². The summed E-state index contributed by atoms with van der Waals surface area (Å²) >= 11 is 7.87. The molecule has 1 saturated carbocycles. The fourth-order valence-electron chi connectivity index (χ4n) is 8.04. The number of sulfonamides is 1. The lowest BCUT2D eigenvalue weighted by Crippen LogP contribution is -2.50. The molecule has 6 aromatic rings. The highest BCUT2D eigenvalue weighted by molar-refractivity contribution is 7.99. The lowest BCUT2D eigenvalue weighted by Gasteiger charge is -2.41. The number of nitrogens with zero attached hydrogens (tertiary/aromatic N) is 6. The summed E-state index contributed by atoms with van der Waals surface area (Å²) in [5.41, 5.74) is 5.29. The number of nitro groups is 1. The van der Waals surface area contributed by atoms with Gasteiger partial charge in [0.15, 0.2) is 5.82 Å². The zero-order valence-corrected chi connectivity index (χ0v) is 35.9. The molecule has 12 nitrogen and oxygen atoms in total. The third kappa shape index (κ3) is 9.22. The minimum Gasteiger partial charge on any atom is -0.376 e. The highest BCUT2D eigenvalue weighted by atomic mass is 35.5. The summed E-state index contributed by atoms with van der Waals surface area (Å²) in [4.78, 5) is 28.4. The van der Waals surface area contributed by atoms with Crippen molar-refractivity contribution in [1.29, 1.82) is 0 Å². The van der Waals surface area contributed by atoms with Crippen LogP contribution in [0.5, 0.6) is 0 Å². The summed E-state index contributed by atoms with van der Waals surface area (Å²) < 4.78 is 30.2. The molecule has 2 N–H and O–H groups in total. The van der Waals surface area contributed by atoms with E-state index in [0.717, 1.165) is 73.7 Å². The molecule has 60 heavy (non-hydrogen) atoms. The Balaban J connectivity index is 0.955. The van der Waals surface area contributed by atoms with E-state index >= 15 is 0 Å². The van der Waals surface area contributed by atoms with Crippen LogP contribution in [0.25, 0.3) is 22.0 Å². The summed E-state index contributed by atoms with van der Waals surface area (Å²) in [7, 11) is -0.311. The minimum absolute atomic E-state index is 0.0122. The highest BCUT2D eigenvalue weighted by Crippen LogP contribution is 2.54. The van der Waals surface area contributed by atoms with Gasteiger partial charge in [0.25, 0.3) is 15.7 Å². The zero-order valence-electron chi connectivity index (χ0n) is 33.5. The lowest BCUT2D eigenvalue weighted by molar-refractivity contribution is -0.384. The summed E-state index contributed by atoms with van der Waals surface area (Å²) in [5.74, 6) is 0.759. The molecule has 5 aromatic carbocycles. The van der Waals surface area contributed by atoms with Gasteiger partial charge in [-0.3, -0.25) is 19.7 Å². The van der Waals surface area contributed by atoms with Gasteiger partial charge in [0.05, 0.1) is 15.3 Å². The maximum absolute atomic E-state index is 13.8. The minimum atomic E-state index is -4.27. The number of hydrogen-bond donors (Lipinski definition) is 2. The van der Waals surface area contributed by atoms with Crippen LogP contribution in [0.1, 0.15) is 24.8 Å². The molecule has 8 rings (SSSR count). The molecule has 2 heterocycles. The lowest BCUT2D eigenvalue weighted by atomic mass is 9.92. The van der Waals surface area contributed by atoms with Crippen LogP contribution in [0.15, 0.2) is 131 Å². The molecule has 0 radical (unpaired) electrons. The Kier molecular flexibility index (Phi) is 12.3. The van der Waals surface area contributed by atoms with E-state index in [9.17, 15) is 18.5 Å². The normalized spacial score (nSPS) is 15.8. The topological polar surface area (TPSA) is 137 Å². The van der Waals surface area contributed by atoms with Crippen LogP contribution < -0.4 is 14.9 Å². The smallest absolute Gasteiger partial charge is 0.293 e. The van der Waals surface area contributed by atoms with Crippen LogP contribution >= 0.6 is 23.4 Å². The second-order valence-corrected chi connectivity index (χ2v) is 18.8. The van der Waals surface area contributed by atoms with Crippen LogP contribution in [0.2, 0.25) is 5.02 Å². The van der Waals surface area contributed by atoms with Gasteiger partial charge in [-0.15, -0.1) is 11.8 Å². The van der Waals surface area contributed by atoms with Gasteiger partial charge in [0, 0.05) is 70.6 Å². The third-order valence-corrected chi connectivity index (χ3v) is 14.1. The van der Waals surface area contributed by atoms with Gasteiger partial charge in [-0.25, -0.2) is 18.4 Å². The molecule has 2 fully saturated rings. The first-order valence-electron chi connectivity index (χ1n) is 20.0. The zero-order chi connectivity index (χ0) is 41.9. The fourth-order valence-corrected chi connectivity index (χ4v) is 10.2. The first kappa shape index (κ1) is 41.5. The van der Waals surface area contributed by atoms with Crippen molar-refractivity contribution in [2.75, 3.05) is 67.5 Å². The largest absolute Gasteiger partial charge is 0.376 e. The molecule has 15 heteroatoms. The van der Waals surface area contributed by atoms with Crippen molar-refractivity contribution < 1.29 is 13.3 Å². The van der Waals surface area contributed by atoms with E-state index in [1.54, 1.807) is 11.8 Å². The van der Waals surface area contributed by atoms with E-state index in [1.165, 1.54) is 35.2 Å². The van der Waals surface area contributed by atoms with Crippen molar-refractivity contribution in [1.82, 2.24) is 19.8 Å². The number of aromatic nitrogens is 2. The van der Waals surface area contributed by atoms with Crippen LogP contribution in [-0.4, -0.2) is 91.7 Å². The van der Waals surface area contributed by atoms with Gasteiger partial charge in [0.1, 0.15) is 12.0 Å². The molecule has 0 spiro atoms. The Morgan fingerprint density at radius 2 is 1.63 bits per heavy atom. The first-order chi connectivity index (χ1) is 29.0. The maximum Gasteiger partial charge on any atom is 0.293 e. The summed E-state index contributed by atoms with van der Waals surface area (Å²) in [6.07, 6.45) is 4.28. The number of rotatable bonds is 16. The highest BCUT2D eigenvalue weighted by Gasteiger charge is 2.51. The van der Waals surface area contributed by atoms with Crippen molar-refractivity contribution in [3.05, 3.63) is 142 Å². The summed E-state index contributed by atoms with van der Waals surface area (Å²) in [5, 5.41) is 16.9. The van der Waals surface area contributed by atoms with Gasteiger partial charge in [-0.1, -0.05) is 66.2 Å². The van der Waals surface area contributed by atoms with E-state index in [4.69, 9.17) is 11.6 Å². The number of nitrogens with one attached hydrogen (secondary N) is 2. The quantitative estimate of drug-likeness (QED) is 0.0548. The van der Waals surface area contributed by atoms with Crippen molar-refractivity contribution >= 4 is 67.2 Å². The van der Waals surface area contributed by atoms with Crippen LogP contribution in [0.3, 0.4) is 0 Å². The second-order valence-electron chi connectivity index (χ2n) is 15.6. The Hall–Kier alpha value is -5.25. The molecule has 1 saturated heterocycles. The Morgan fingerprint density at radius 3 is 2.35 bits per heavy atom. The molecular formula is C45H47ClN8O4S2. The molecule has 0 bridgehead atoms. The maximum atomic E-state index is 13.8. The Bertz CT molecular complexity index is 2590. The average molecular weight is 864 g/mol. The fraction of sp³-hybridized carbons (Fsp3) is 0.289. The van der Waals surface area contributed by atoms with Crippen molar-refractivity contribution in [2.45, 2.75) is 40.6 Å². The van der Waals surface area contributed by atoms with Gasteiger partial charge in [0.2, 0.25) is 0 Å². The van der Waals surface area contributed by atoms with Crippen LogP contribution in [0.4, 0.5) is 22.9 Å². The summed E-state index contributed by atoms with van der Waals surface area (Å²) in [6.45, 7) is 4.21. The Morgan fingerprint density at radius 1 is 0.900 bits per heavy atom. The predicted molar refractivity (Wildman–Crippen MR) is 243 cm³/mol. The number of hydrogen-bond acceptors (Lipinski definition) is 11. The molecule has 1 atom stereocenters. The molecule has 1 aromatic heterocycles. The van der Waals surface area contributed by atoms with E-state index in [0.29, 0.717) is 16.7 Å². The summed E-state index contributed by atoms with van der Waals surface area (Å²) in [6, 6.07) is 36.3. The number of piperazine rings is 1. The molecule has 1 unspecified atom stereocenters. The van der Waals surface area contributed by atoms with Crippen molar-refractivity contribution in [3.63, 3.8) is 0 Å². The van der Waals surface area contributed by atoms with Gasteiger partial charge in [-0.05, 0) is 111 Å². The SMILES string of the molecule is CN(C)CCC(CSc1ccccc1)Nc1ccc(S(=O)(=O)Nc2ncnc3cc(N4CCN(C5(c6ccccc6-c6ccc(Cl)cc6)CC5)CC4)ccc23)cc1[N+](=O)[O-].